The number of rotatable bonds is 4. The number of nitriles is 1. The monoisotopic (exact) mass is 503 g/mol. The maximum atomic E-state index is 13.6. The SMILES string of the molecule is Cn1c(=O)n(CCC(F)(F)F)c2cc(Br)c(C(=O)c3cc(F)ccc3Cl)c(C#N)c21. The largest absolute Gasteiger partial charge is 0.390 e. The first-order valence-corrected chi connectivity index (χ1v) is 9.51. The van der Waals surface area contributed by atoms with Gasteiger partial charge in [0.1, 0.15) is 11.9 Å². The molecule has 1 aromatic heterocycles. The molecule has 3 rings (SSSR count). The number of aromatic nitrogens is 2. The molecule has 0 aliphatic carbocycles. The van der Waals surface area contributed by atoms with E-state index in [1.165, 1.54) is 19.2 Å². The lowest BCUT2D eigenvalue weighted by molar-refractivity contribution is -0.136. The van der Waals surface area contributed by atoms with Crippen molar-refractivity contribution in [3.8, 4) is 6.07 Å². The van der Waals surface area contributed by atoms with Crippen molar-refractivity contribution in [3.05, 3.63) is 66.8 Å². The molecule has 0 saturated heterocycles. The van der Waals surface area contributed by atoms with E-state index in [4.69, 9.17) is 11.6 Å². The second-order valence-electron chi connectivity index (χ2n) is 6.40. The highest BCUT2D eigenvalue weighted by Gasteiger charge is 2.30. The van der Waals surface area contributed by atoms with Crippen LogP contribution in [-0.2, 0) is 13.6 Å². The van der Waals surface area contributed by atoms with Crippen molar-refractivity contribution >= 4 is 44.3 Å². The molecule has 0 saturated carbocycles. The zero-order valence-corrected chi connectivity index (χ0v) is 17.5. The van der Waals surface area contributed by atoms with Crippen LogP contribution in [0.25, 0.3) is 11.0 Å². The second kappa shape index (κ2) is 7.89. The van der Waals surface area contributed by atoms with Gasteiger partial charge in [0.25, 0.3) is 0 Å². The number of alkyl halides is 3. The standard InChI is InChI=1S/C19H11BrClF4N3O2/c1-27-16-11(8-26)15(17(29)10-6-9(22)2-3-13(10)21)12(20)7-14(16)28(18(27)30)5-4-19(23,24)25/h2-3,6-7H,4-5H2,1H3. The molecule has 11 heteroatoms. The van der Waals surface area contributed by atoms with Gasteiger partial charge in [0, 0.05) is 23.6 Å². The van der Waals surface area contributed by atoms with Gasteiger partial charge in [-0.3, -0.25) is 13.9 Å². The van der Waals surface area contributed by atoms with Gasteiger partial charge in [-0.05, 0) is 40.2 Å². The first kappa shape index (κ1) is 22.1. The Morgan fingerprint density at radius 2 is 1.97 bits per heavy atom. The summed E-state index contributed by atoms with van der Waals surface area (Å²) in [5, 5.41) is 9.66. The third kappa shape index (κ3) is 3.87. The Morgan fingerprint density at radius 3 is 2.57 bits per heavy atom. The highest BCUT2D eigenvalue weighted by Crippen LogP contribution is 2.33. The van der Waals surface area contributed by atoms with Crippen LogP contribution in [0, 0.1) is 17.1 Å². The summed E-state index contributed by atoms with van der Waals surface area (Å²) in [6, 6.07) is 6.28. The van der Waals surface area contributed by atoms with Crippen molar-refractivity contribution in [2.45, 2.75) is 19.1 Å². The fraction of sp³-hybridized carbons (Fsp3) is 0.211. The maximum Gasteiger partial charge on any atom is 0.390 e. The molecule has 0 unspecified atom stereocenters. The van der Waals surface area contributed by atoms with Crippen LogP contribution < -0.4 is 5.69 Å². The second-order valence-corrected chi connectivity index (χ2v) is 7.66. The van der Waals surface area contributed by atoms with Crippen molar-refractivity contribution in [2.75, 3.05) is 0 Å². The number of halogens is 6. The van der Waals surface area contributed by atoms with Crippen LogP contribution in [0.5, 0.6) is 0 Å². The van der Waals surface area contributed by atoms with Gasteiger partial charge in [0.2, 0.25) is 0 Å². The number of imidazole rings is 1. The Kier molecular flexibility index (Phi) is 5.80. The maximum absolute atomic E-state index is 13.6. The summed E-state index contributed by atoms with van der Waals surface area (Å²) < 4.78 is 53.6. The number of ketones is 1. The lowest BCUT2D eigenvalue weighted by Crippen LogP contribution is -2.24. The average Bonchev–Trinajstić information content (AvgIpc) is 2.90. The summed E-state index contributed by atoms with van der Waals surface area (Å²) in [6.45, 7) is -0.653. The fourth-order valence-corrected chi connectivity index (χ4v) is 3.94. The minimum absolute atomic E-state index is 0.0104. The van der Waals surface area contributed by atoms with Crippen LogP contribution in [0.4, 0.5) is 17.6 Å². The lowest BCUT2D eigenvalue weighted by atomic mass is 9.97. The molecule has 0 spiro atoms. The number of benzene rings is 2. The number of hydrogen-bond donors (Lipinski definition) is 0. The fourth-order valence-electron chi connectivity index (χ4n) is 3.14. The Morgan fingerprint density at radius 1 is 1.30 bits per heavy atom. The smallest absolute Gasteiger partial charge is 0.294 e. The first-order chi connectivity index (χ1) is 14.0. The van der Waals surface area contributed by atoms with E-state index in [1.54, 1.807) is 0 Å². The van der Waals surface area contributed by atoms with Crippen LogP contribution in [0.15, 0.2) is 33.5 Å². The minimum Gasteiger partial charge on any atom is -0.294 e. The summed E-state index contributed by atoms with van der Waals surface area (Å²) in [5.74, 6) is -1.50. The van der Waals surface area contributed by atoms with E-state index in [0.29, 0.717) is 0 Å². The zero-order valence-electron chi connectivity index (χ0n) is 15.1. The van der Waals surface area contributed by atoms with Crippen LogP contribution >= 0.6 is 27.5 Å². The van der Waals surface area contributed by atoms with E-state index in [2.05, 4.69) is 15.9 Å². The lowest BCUT2D eigenvalue weighted by Gasteiger charge is -2.11. The number of carbonyl (C=O) groups excluding carboxylic acids is 1. The minimum atomic E-state index is -4.49. The van der Waals surface area contributed by atoms with E-state index >= 15 is 0 Å². The van der Waals surface area contributed by atoms with Gasteiger partial charge >= 0.3 is 11.9 Å². The van der Waals surface area contributed by atoms with Gasteiger partial charge in [-0.25, -0.2) is 9.18 Å². The van der Waals surface area contributed by atoms with Crippen molar-refractivity contribution in [2.24, 2.45) is 7.05 Å². The third-order valence-corrected chi connectivity index (χ3v) is 5.46. The predicted molar refractivity (Wildman–Crippen MR) is 105 cm³/mol. The molecule has 1 heterocycles. The van der Waals surface area contributed by atoms with Crippen LogP contribution in [0.2, 0.25) is 5.02 Å². The molecule has 5 nitrogen and oxygen atoms in total. The van der Waals surface area contributed by atoms with E-state index in [1.807, 2.05) is 6.07 Å². The highest BCUT2D eigenvalue weighted by molar-refractivity contribution is 9.10. The Hall–Kier alpha value is -2.64. The molecule has 0 N–H and O–H groups in total. The average molecular weight is 505 g/mol. The van der Waals surface area contributed by atoms with Crippen LogP contribution in [-0.4, -0.2) is 21.1 Å². The molecule has 0 atom stereocenters. The molecule has 0 aliphatic heterocycles. The Labute approximate surface area is 180 Å². The summed E-state index contributed by atoms with van der Waals surface area (Å²) in [6.07, 6.45) is -5.73. The molecular weight excluding hydrogens is 494 g/mol. The van der Waals surface area contributed by atoms with Crippen molar-refractivity contribution < 1.29 is 22.4 Å². The third-order valence-electron chi connectivity index (χ3n) is 4.51. The normalized spacial score (nSPS) is 11.7. The van der Waals surface area contributed by atoms with Gasteiger partial charge in [-0.1, -0.05) is 11.6 Å². The van der Waals surface area contributed by atoms with Gasteiger partial charge in [-0.2, -0.15) is 18.4 Å². The Bertz CT molecular complexity index is 1290. The molecular formula is C19H11BrClF4N3O2. The molecule has 30 heavy (non-hydrogen) atoms. The van der Waals surface area contributed by atoms with Crippen molar-refractivity contribution in [3.63, 3.8) is 0 Å². The molecule has 0 amide bonds. The molecule has 0 bridgehead atoms. The number of aryl methyl sites for hydroxylation is 2. The topological polar surface area (TPSA) is 67.8 Å². The quantitative estimate of drug-likeness (QED) is 0.373. The molecule has 2 aromatic carbocycles. The summed E-state index contributed by atoms with van der Waals surface area (Å²) in [5.41, 5.74) is -1.35. The number of hydrogen-bond acceptors (Lipinski definition) is 3. The summed E-state index contributed by atoms with van der Waals surface area (Å²) in [7, 11) is 1.28. The first-order valence-electron chi connectivity index (χ1n) is 8.34. The van der Waals surface area contributed by atoms with Gasteiger partial charge in [0.05, 0.1) is 33.6 Å². The van der Waals surface area contributed by atoms with Crippen LogP contribution in [0.3, 0.4) is 0 Å². The molecule has 3 aromatic rings. The Balaban J connectivity index is 2.29. The van der Waals surface area contributed by atoms with Crippen molar-refractivity contribution in [1.29, 1.82) is 5.26 Å². The number of fused-ring (bicyclic) bond motifs is 1. The van der Waals surface area contributed by atoms with Gasteiger partial charge in [-0.15, -0.1) is 0 Å². The van der Waals surface area contributed by atoms with Gasteiger partial charge < -0.3 is 0 Å². The summed E-state index contributed by atoms with van der Waals surface area (Å²) in [4.78, 5) is 25.6. The molecule has 0 fully saturated rings. The summed E-state index contributed by atoms with van der Waals surface area (Å²) >= 11 is 9.15. The van der Waals surface area contributed by atoms with E-state index in [9.17, 15) is 32.4 Å². The number of carbonyl (C=O) groups is 1. The molecule has 0 aliphatic rings. The molecule has 156 valence electrons. The molecule has 0 radical (unpaired) electrons. The van der Waals surface area contributed by atoms with Crippen molar-refractivity contribution in [1.82, 2.24) is 9.13 Å². The van der Waals surface area contributed by atoms with Gasteiger partial charge in [0.15, 0.2) is 5.78 Å². The van der Waals surface area contributed by atoms with E-state index < -0.39 is 36.4 Å². The zero-order chi connectivity index (χ0) is 22.4. The number of nitrogens with zero attached hydrogens (tertiary/aromatic N) is 3. The highest BCUT2D eigenvalue weighted by atomic mass is 79.9. The van der Waals surface area contributed by atoms with E-state index in [0.717, 1.165) is 21.3 Å². The van der Waals surface area contributed by atoms with Crippen LogP contribution in [0.1, 0.15) is 27.9 Å². The van der Waals surface area contributed by atoms with E-state index in [-0.39, 0.29) is 37.2 Å². The predicted octanol–water partition coefficient (Wildman–Crippen LogP) is 4.95.